The summed E-state index contributed by atoms with van der Waals surface area (Å²) < 4.78 is 1.32. The van der Waals surface area contributed by atoms with Crippen LogP contribution < -0.4 is 4.70 Å². The first-order valence-corrected chi connectivity index (χ1v) is 7.80. The molecule has 112 valence electrons. The van der Waals surface area contributed by atoms with E-state index in [1.807, 2.05) is 0 Å². The fourth-order valence-corrected chi connectivity index (χ4v) is 3.87. The Morgan fingerprint density at radius 1 is 0.556 bits per heavy atom. The number of halogens is 1. The molecule has 4 unspecified atom stereocenters. The predicted octanol–water partition coefficient (Wildman–Crippen LogP) is 2.00. The lowest BCUT2D eigenvalue weighted by Gasteiger charge is -2.55. The molecule has 2 heteroatoms. The topological polar surface area (TPSA) is 0 Å². The third kappa shape index (κ3) is 3.46. The molecule has 18 heavy (non-hydrogen) atoms. The van der Waals surface area contributed by atoms with Crippen molar-refractivity contribution in [3.05, 3.63) is 0 Å². The molecule has 0 saturated carbocycles. The fraction of sp³-hybridized carbons (Fsp3) is 1.00. The van der Waals surface area contributed by atoms with Crippen LogP contribution in [0, 0.1) is 0 Å². The summed E-state index contributed by atoms with van der Waals surface area (Å²) in [6, 6.07) is 3.09. The monoisotopic (exact) mass is 261 g/mol. The Hall–Kier alpha value is -0.110. The summed E-state index contributed by atoms with van der Waals surface area (Å²) in [6.07, 6.45) is 5.16. The second-order valence-corrected chi connectivity index (χ2v) is 5.92. The maximum atomic E-state index is 2.46. The predicted molar refractivity (Wildman–Crippen MR) is 79.3 cm³/mol. The van der Waals surface area contributed by atoms with Gasteiger partial charge in [-0.25, -0.2) is 0 Å². The van der Waals surface area contributed by atoms with Crippen molar-refractivity contribution in [2.75, 3.05) is 0 Å². The summed E-state index contributed by atoms with van der Waals surface area (Å²) in [6.45, 7) is 19.3. The molecule has 0 aliphatic carbocycles. The Kier molecular flexibility index (Phi) is 9.99. The average Bonchev–Trinajstić information content (AvgIpc) is 2.37. The van der Waals surface area contributed by atoms with Gasteiger partial charge in [-0.3, -0.25) is 0 Å². The highest BCUT2D eigenvalue weighted by molar-refractivity contribution is 4.69. The van der Waals surface area contributed by atoms with Crippen LogP contribution in [0.3, 0.4) is 0 Å². The molecule has 0 saturated heterocycles. The molecule has 0 aliphatic rings. The Morgan fingerprint density at radius 2 is 0.722 bits per heavy atom. The second kappa shape index (κ2) is 8.90. The molecule has 0 bridgehead atoms. The summed E-state index contributed by atoms with van der Waals surface area (Å²) in [5.74, 6) is 0. The molecule has 0 rings (SSSR count). The Labute approximate surface area is 115 Å². The van der Waals surface area contributed by atoms with Crippen molar-refractivity contribution in [2.45, 2.75) is 105 Å². The molecule has 0 heterocycles. The van der Waals surface area contributed by atoms with E-state index in [4.69, 9.17) is 0 Å². The van der Waals surface area contributed by atoms with E-state index in [2.05, 4.69) is 55.4 Å². The number of nitrogens with zero attached hydrogens (tertiary/aromatic N) is 1. The van der Waals surface area contributed by atoms with Gasteiger partial charge >= 0.3 is 0 Å². The quantitative estimate of drug-likeness (QED) is 0.586. The van der Waals surface area contributed by atoms with Gasteiger partial charge in [0, 0.05) is 0 Å². The molecule has 1 nitrogen and oxygen atoms in total. The van der Waals surface area contributed by atoms with Crippen molar-refractivity contribution < 1.29 is 9.19 Å². The van der Waals surface area contributed by atoms with Crippen molar-refractivity contribution >= 4 is 0 Å². The smallest absolute Gasteiger partial charge is 0.0865 e. The van der Waals surface area contributed by atoms with Crippen LogP contribution in [0.1, 0.15) is 81.1 Å². The number of quaternary nitrogens is 1. The first-order chi connectivity index (χ1) is 7.93. The van der Waals surface area contributed by atoms with Gasteiger partial charge in [0.05, 0.1) is 24.2 Å². The van der Waals surface area contributed by atoms with E-state index in [9.17, 15) is 0 Å². The molecular formula is C16H36FN. The van der Waals surface area contributed by atoms with Crippen LogP contribution in [0.2, 0.25) is 0 Å². The normalized spacial score (nSPS) is 21.3. The molecule has 0 aromatic carbocycles. The van der Waals surface area contributed by atoms with Crippen LogP contribution in [-0.2, 0) is 0 Å². The molecule has 4 atom stereocenters. The first-order valence-electron chi connectivity index (χ1n) is 7.80. The fourth-order valence-electron chi connectivity index (χ4n) is 3.87. The molecule has 0 N–H and O–H groups in total. The van der Waals surface area contributed by atoms with Gasteiger partial charge in [0.15, 0.2) is 0 Å². The SMILES string of the molecule is CCC(C)[N+](C(C)CC)(C(C)CC)C(C)CC.[F-]. The van der Waals surface area contributed by atoms with Crippen LogP contribution >= 0.6 is 0 Å². The zero-order valence-electron chi connectivity index (χ0n) is 14.0. The van der Waals surface area contributed by atoms with E-state index in [0.29, 0.717) is 0 Å². The minimum absolute atomic E-state index is 0. The molecule has 0 radical (unpaired) electrons. The molecular weight excluding hydrogens is 225 g/mol. The summed E-state index contributed by atoms with van der Waals surface area (Å²) in [4.78, 5) is 0. The summed E-state index contributed by atoms with van der Waals surface area (Å²) >= 11 is 0. The summed E-state index contributed by atoms with van der Waals surface area (Å²) in [5, 5.41) is 0. The molecule has 0 fully saturated rings. The van der Waals surface area contributed by atoms with Gasteiger partial charge in [-0.1, -0.05) is 27.7 Å². The van der Waals surface area contributed by atoms with Gasteiger partial charge in [-0.05, 0) is 53.4 Å². The summed E-state index contributed by atoms with van der Waals surface area (Å²) in [5.41, 5.74) is 0. The second-order valence-electron chi connectivity index (χ2n) is 5.92. The largest absolute Gasteiger partial charge is 1.00 e. The molecule has 0 aromatic heterocycles. The van der Waals surface area contributed by atoms with Gasteiger partial charge in [0.2, 0.25) is 0 Å². The lowest BCUT2D eigenvalue weighted by Crippen LogP contribution is -3.00. The van der Waals surface area contributed by atoms with Gasteiger partial charge in [0.1, 0.15) is 0 Å². The van der Waals surface area contributed by atoms with E-state index in [1.165, 1.54) is 30.2 Å². The zero-order valence-corrected chi connectivity index (χ0v) is 14.0. The lowest BCUT2D eigenvalue weighted by molar-refractivity contribution is -1.01. The average molecular weight is 261 g/mol. The number of rotatable bonds is 8. The maximum absolute atomic E-state index is 2.46. The van der Waals surface area contributed by atoms with Crippen molar-refractivity contribution in [2.24, 2.45) is 0 Å². The minimum atomic E-state index is 0. The Balaban J connectivity index is 0. The summed E-state index contributed by atoms with van der Waals surface area (Å²) in [7, 11) is 0. The third-order valence-corrected chi connectivity index (χ3v) is 5.42. The van der Waals surface area contributed by atoms with Gasteiger partial charge in [-0.15, -0.1) is 0 Å². The van der Waals surface area contributed by atoms with Crippen molar-refractivity contribution in [3.63, 3.8) is 0 Å². The Morgan fingerprint density at radius 3 is 0.833 bits per heavy atom. The van der Waals surface area contributed by atoms with Gasteiger partial charge in [0.25, 0.3) is 0 Å². The highest BCUT2D eigenvalue weighted by Crippen LogP contribution is 2.34. The van der Waals surface area contributed by atoms with Crippen molar-refractivity contribution in [3.8, 4) is 0 Å². The molecule has 0 aliphatic heterocycles. The van der Waals surface area contributed by atoms with Crippen molar-refractivity contribution in [1.29, 1.82) is 0 Å². The first kappa shape index (κ1) is 20.2. The van der Waals surface area contributed by atoms with E-state index >= 15 is 0 Å². The van der Waals surface area contributed by atoms with Crippen LogP contribution in [0.4, 0.5) is 0 Å². The highest BCUT2D eigenvalue weighted by Gasteiger charge is 2.45. The molecule has 0 amide bonds. The Bertz CT molecular complexity index is 160. The van der Waals surface area contributed by atoms with Gasteiger partial charge in [-0.2, -0.15) is 0 Å². The molecule has 0 spiro atoms. The van der Waals surface area contributed by atoms with E-state index in [0.717, 1.165) is 24.2 Å². The number of hydrogen-bond donors (Lipinski definition) is 0. The van der Waals surface area contributed by atoms with Crippen LogP contribution in [0.25, 0.3) is 0 Å². The third-order valence-electron chi connectivity index (χ3n) is 5.42. The van der Waals surface area contributed by atoms with E-state index in [-0.39, 0.29) is 4.70 Å². The van der Waals surface area contributed by atoms with E-state index < -0.39 is 0 Å². The maximum Gasteiger partial charge on any atom is 0.0865 e. The standard InChI is InChI=1S/C16H36N.FH/c1-9-13(5)17(14(6)10-2,15(7)11-3)16(8)12-4;/h13-16H,9-12H2,1-8H3;1H/q+1;/p-1. The van der Waals surface area contributed by atoms with Crippen LogP contribution in [0.5, 0.6) is 0 Å². The zero-order chi connectivity index (χ0) is 13.6. The van der Waals surface area contributed by atoms with Gasteiger partial charge < -0.3 is 9.19 Å². The van der Waals surface area contributed by atoms with Crippen LogP contribution in [-0.4, -0.2) is 28.7 Å². The molecule has 0 aromatic rings. The minimum Gasteiger partial charge on any atom is -1.00 e. The lowest BCUT2D eigenvalue weighted by atomic mass is 9.93. The van der Waals surface area contributed by atoms with E-state index in [1.54, 1.807) is 0 Å². The highest BCUT2D eigenvalue weighted by atomic mass is 19.0. The van der Waals surface area contributed by atoms with Crippen molar-refractivity contribution in [1.82, 2.24) is 0 Å². The number of hydrogen-bond acceptors (Lipinski definition) is 0. The van der Waals surface area contributed by atoms with Crippen LogP contribution in [0.15, 0.2) is 0 Å².